The van der Waals surface area contributed by atoms with Gasteiger partial charge < -0.3 is 9.64 Å². The highest BCUT2D eigenvalue weighted by molar-refractivity contribution is 6.23. The Labute approximate surface area is 209 Å². The maximum Gasteiger partial charge on any atom is 0.316 e. The van der Waals surface area contributed by atoms with E-state index in [0.717, 1.165) is 12.0 Å². The van der Waals surface area contributed by atoms with E-state index in [1.807, 2.05) is 37.3 Å². The number of anilines is 1. The Bertz CT molecular complexity index is 1270. The van der Waals surface area contributed by atoms with E-state index < -0.39 is 11.9 Å². The molecule has 2 aromatic rings. The largest absolute Gasteiger partial charge is 0.426 e. The Morgan fingerprint density at radius 2 is 1.64 bits per heavy atom. The zero-order chi connectivity index (χ0) is 25.1. The van der Waals surface area contributed by atoms with Crippen LogP contribution in [0.2, 0.25) is 0 Å². The first kappa shape index (κ1) is 22.7. The molecule has 2 aromatic carbocycles. The number of imide groups is 1. The number of aryl methyl sites for hydroxylation is 1. The van der Waals surface area contributed by atoms with Gasteiger partial charge in [0.1, 0.15) is 5.75 Å². The van der Waals surface area contributed by atoms with Crippen LogP contribution in [0.15, 0.2) is 60.7 Å². The van der Waals surface area contributed by atoms with E-state index in [4.69, 9.17) is 4.74 Å². The molecule has 4 aliphatic rings. The lowest BCUT2D eigenvalue weighted by Gasteiger charge is -2.25. The fraction of sp³-hybridized carbons (Fsp3) is 0.379. The van der Waals surface area contributed by atoms with E-state index in [0.29, 0.717) is 23.5 Å². The van der Waals surface area contributed by atoms with Gasteiger partial charge in [0.2, 0.25) is 17.7 Å². The number of amides is 3. The van der Waals surface area contributed by atoms with Crippen molar-refractivity contribution in [1.82, 2.24) is 4.90 Å². The normalized spacial score (nSPS) is 29.3. The highest BCUT2D eigenvalue weighted by Crippen LogP contribution is 2.53. The number of nitrogens with zero attached hydrogens (tertiary/aromatic N) is 2. The van der Waals surface area contributed by atoms with E-state index >= 15 is 0 Å². The molecule has 2 aliphatic heterocycles. The van der Waals surface area contributed by atoms with Crippen molar-refractivity contribution in [3.63, 3.8) is 0 Å². The molecule has 3 amide bonds. The number of hydrogen-bond donors (Lipinski definition) is 0. The third-order valence-electron chi connectivity index (χ3n) is 8.34. The maximum absolute atomic E-state index is 13.1. The van der Waals surface area contributed by atoms with E-state index in [1.165, 1.54) is 4.90 Å². The molecule has 2 saturated heterocycles. The Morgan fingerprint density at radius 3 is 2.28 bits per heavy atom. The summed E-state index contributed by atoms with van der Waals surface area (Å²) < 4.78 is 5.64. The molecular formula is C29H28N2O5. The molecule has 2 heterocycles. The van der Waals surface area contributed by atoms with Gasteiger partial charge in [-0.25, -0.2) is 4.90 Å². The molecule has 0 radical (unpaired) electrons. The highest BCUT2D eigenvalue weighted by atomic mass is 16.5. The standard InChI is InChI=1S/C29H28N2O5/c1-16-12-22(10-11-23(16)31-27(33)25-19-8-9-20(13-19)26(25)28(31)34)36-29(35)21-14-24(32)30(15-21)17(2)18-6-4-3-5-7-18/h3-12,17,19-21,25-26H,13-15H2,1-2H3/t17-,19+,20+,21-,25+,26+/m1/s1. The molecule has 36 heavy (non-hydrogen) atoms. The summed E-state index contributed by atoms with van der Waals surface area (Å²) in [7, 11) is 0. The molecule has 2 aliphatic carbocycles. The van der Waals surface area contributed by atoms with Gasteiger partial charge in [-0.2, -0.15) is 0 Å². The fourth-order valence-corrected chi connectivity index (χ4v) is 6.46. The highest BCUT2D eigenvalue weighted by Gasteiger charge is 2.59. The SMILES string of the molecule is Cc1cc(OC(=O)[C@@H]2CC(=O)N([C@H](C)c3ccccc3)C2)ccc1N1C(=O)[C@@H]2[C@@H](C1=O)[C@H]1C=C[C@H]2C1. The number of fused-ring (bicyclic) bond motifs is 5. The van der Waals surface area contributed by atoms with E-state index in [-0.39, 0.29) is 53.9 Å². The molecule has 0 spiro atoms. The van der Waals surface area contributed by atoms with Crippen LogP contribution in [0.1, 0.15) is 36.9 Å². The average molecular weight is 485 g/mol. The van der Waals surface area contributed by atoms with Crippen molar-refractivity contribution in [1.29, 1.82) is 0 Å². The summed E-state index contributed by atoms with van der Waals surface area (Å²) in [5, 5.41) is 0. The van der Waals surface area contributed by atoms with Gasteiger partial charge in [-0.05, 0) is 61.4 Å². The first-order chi connectivity index (χ1) is 17.3. The molecule has 0 unspecified atom stereocenters. The third-order valence-corrected chi connectivity index (χ3v) is 8.34. The fourth-order valence-electron chi connectivity index (χ4n) is 6.46. The number of benzene rings is 2. The molecule has 6 rings (SSSR count). The van der Waals surface area contributed by atoms with Gasteiger partial charge in [-0.15, -0.1) is 0 Å². The summed E-state index contributed by atoms with van der Waals surface area (Å²) in [6, 6.07) is 14.6. The van der Waals surface area contributed by atoms with E-state index in [1.54, 1.807) is 30.0 Å². The number of carbonyl (C=O) groups is 4. The Balaban J connectivity index is 1.14. The van der Waals surface area contributed by atoms with Crippen LogP contribution in [0.25, 0.3) is 0 Å². The van der Waals surface area contributed by atoms with Crippen LogP contribution in [-0.2, 0) is 19.2 Å². The summed E-state index contributed by atoms with van der Waals surface area (Å²) in [4.78, 5) is 54.9. The van der Waals surface area contributed by atoms with E-state index in [2.05, 4.69) is 12.2 Å². The summed E-state index contributed by atoms with van der Waals surface area (Å²) in [5.74, 6) is -1.21. The molecule has 1 saturated carbocycles. The van der Waals surface area contributed by atoms with Crippen molar-refractivity contribution in [3.05, 3.63) is 71.8 Å². The second-order valence-electron chi connectivity index (χ2n) is 10.4. The van der Waals surface area contributed by atoms with Crippen LogP contribution in [0.5, 0.6) is 5.75 Å². The average Bonchev–Trinajstić information content (AvgIpc) is 3.64. The zero-order valence-electron chi connectivity index (χ0n) is 20.3. The number of allylic oxidation sites excluding steroid dienone is 2. The molecule has 7 nitrogen and oxygen atoms in total. The van der Waals surface area contributed by atoms with Gasteiger partial charge in [-0.1, -0.05) is 42.5 Å². The number of ether oxygens (including phenoxy) is 1. The first-order valence-corrected chi connectivity index (χ1v) is 12.6. The van der Waals surface area contributed by atoms with Crippen LogP contribution in [0.3, 0.4) is 0 Å². The molecular weight excluding hydrogens is 456 g/mol. The zero-order valence-corrected chi connectivity index (χ0v) is 20.3. The van der Waals surface area contributed by atoms with Gasteiger partial charge in [0.25, 0.3) is 0 Å². The van der Waals surface area contributed by atoms with Crippen molar-refractivity contribution >= 4 is 29.4 Å². The van der Waals surface area contributed by atoms with Crippen LogP contribution in [0, 0.1) is 36.5 Å². The number of likely N-dealkylation sites (tertiary alicyclic amines) is 1. The molecule has 6 atom stereocenters. The van der Waals surface area contributed by atoms with Crippen molar-refractivity contribution in [2.24, 2.45) is 29.6 Å². The van der Waals surface area contributed by atoms with Crippen molar-refractivity contribution in [2.75, 3.05) is 11.4 Å². The van der Waals surface area contributed by atoms with Crippen molar-refractivity contribution < 1.29 is 23.9 Å². The number of hydrogen-bond acceptors (Lipinski definition) is 5. The minimum Gasteiger partial charge on any atom is -0.426 e. The molecule has 2 bridgehead atoms. The lowest BCUT2D eigenvalue weighted by Crippen LogP contribution is -2.33. The summed E-state index contributed by atoms with van der Waals surface area (Å²) in [6.07, 6.45) is 5.15. The Kier molecular flexibility index (Phi) is 5.32. The summed E-state index contributed by atoms with van der Waals surface area (Å²) >= 11 is 0. The molecule has 7 heteroatoms. The topological polar surface area (TPSA) is 84.0 Å². The lowest BCUT2D eigenvalue weighted by molar-refractivity contribution is -0.139. The van der Waals surface area contributed by atoms with Gasteiger partial charge in [0.05, 0.1) is 29.5 Å². The number of esters is 1. The number of rotatable bonds is 5. The molecule has 3 fully saturated rings. The molecule has 184 valence electrons. The number of carbonyl (C=O) groups excluding carboxylic acids is 4. The summed E-state index contributed by atoms with van der Waals surface area (Å²) in [5.41, 5.74) is 2.24. The minimum atomic E-state index is -0.548. The molecule has 0 N–H and O–H groups in total. The van der Waals surface area contributed by atoms with Crippen LogP contribution >= 0.6 is 0 Å². The Hall–Kier alpha value is -3.74. The quantitative estimate of drug-likeness (QED) is 0.279. The van der Waals surface area contributed by atoms with Crippen LogP contribution < -0.4 is 9.64 Å². The predicted octanol–water partition coefficient (Wildman–Crippen LogP) is 3.82. The van der Waals surface area contributed by atoms with Crippen LogP contribution in [0.4, 0.5) is 5.69 Å². The smallest absolute Gasteiger partial charge is 0.316 e. The summed E-state index contributed by atoms with van der Waals surface area (Å²) in [6.45, 7) is 4.07. The van der Waals surface area contributed by atoms with Crippen molar-refractivity contribution in [3.8, 4) is 5.75 Å². The first-order valence-electron chi connectivity index (χ1n) is 12.6. The van der Waals surface area contributed by atoms with Crippen molar-refractivity contribution in [2.45, 2.75) is 32.7 Å². The van der Waals surface area contributed by atoms with E-state index in [9.17, 15) is 19.2 Å². The second-order valence-corrected chi connectivity index (χ2v) is 10.4. The Morgan fingerprint density at radius 1 is 0.972 bits per heavy atom. The van der Waals surface area contributed by atoms with Gasteiger partial charge >= 0.3 is 5.97 Å². The second kappa shape index (κ2) is 8.43. The monoisotopic (exact) mass is 484 g/mol. The van der Waals surface area contributed by atoms with Gasteiger partial charge in [0, 0.05) is 13.0 Å². The van der Waals surface area contributed by atoms with Gasteiger partial charge in [-0.3, -0.25) is 19.2 Å². The third kappa shape index (κ3) is 3.48. The maximum atomic E-state index is 13.1. The van der Waals surface area contributed by atoms with Crippen LogP contribution in [-0.4, -0.2) is 35.1 Å². The minimum absolute atomic E-state index is 0.0695. The van der Waals surface area contributed by atoms with Gasteiger partial charge in [0.15, 0.2) is 0 Å². The predicted molar refractivity (Wildman–Crippen MR) is 132 cm³/mol. The lowest BCUT2D eigenvalue weighted by atomic mass is 9.85. The molecule has 0 aromatic heterocycles.